The molecule has 2 atom stereocenters. The third kappa shape index (κ3) is 3.41. The number of primary sulfonamides is 1. The first-order valence-electron chi connectivity index (χ1n) is 7.41. The minimum Gasteiger partial charge on any atom is -0.330 e. The zero-order chi connectivity index (χ0) is 14.9. The number of hydrogen-bond acceptors (Lipinski definition) is 3. The standard InChI is InChI=1S/C14H25N3O2S/c1-4-5-13-16-14(20(15,18)19)9-17(13)12-7-10(2)6-11(3)8-12/h9-12H,4-8H2,1-3H3,(H2,15,18,19). The summed E-state index contributed by atoms with van der Waals surface area (Å²) in [7, 11) is -3.72. The van der Waals surface area contributed by atoms with Crippen molar-refractivity contribution >= 4 is 10.0 Å². The van der Waals surface area contributed by atoms with Gasteiger partial charge in [0.15, 0.2) is 5.03 Å². The molecule has 2 unspecified atom stereocenters. The molecule has 0 spiro atoms. The van der Waals surface area contributed by atoms with E-state index in [0.717, 1.165) is 31.5 Å². The summed E-state index contributed by atoms with van der Waals surface area (Å²) < 4.78 is 25.1. The largest absolute Gasteiger partial charge is 0.330 e. The van der Waals surface area contributed by atoms with E-state index in [4.69, 9.17) is 5.14 Å². The lowest BCUT2D eigenvalue weighted by Gasteiger charge is -2.33. The predicted octanol–water partition coefficient (Wildman–Crippen LogP) is 2.48. The van der Waals surface area contributed by atoms with E-state index < -0.39 is 10.0 Å². The van der Waals surface area contributed by atoms with Gasteiger partial charge in [0.25, 0.3) is 10.0 Å². The molecule has 5 nitrogen and oxygen atoms in total. The van der Waals surface area contributed by atoms with E-state index in [2.05, 4.69) is 30.3 Å². The van der Waals surface area contributed by atoms with Crippen molar-refractivity contribution in [1.29, 1.82) is 0 Å². The summed E-state index contributed by atoms with van der Waals surface area (Å²) in [6.45, 7) is 6.60. The van der Waals surface area contributed by atoms with Crippen molar-refractivity contribution in [2.45, 2.75) is 63.9 Å². The second kappa shape index (κ2) is 5.85. The summed E-state index contributed by atoms with van der Waals surface area (Å²) in [6, 6.07) is 0.346. The smallest absolute Gasteiger partial charge is 0.257 e. The summed E-state index contributed by atoms with van der Waals surface area (Å²) in [4.78, 5) is 4.25. The molecule has 1 aromatic heterocycles. The van der Waals surface area contributed by atoms with E-state index in [-0.39, 0.29) is 5.03 Å². The number of rotatable bonds is 4. The number of sulfonamides is 1. The number of nitrogens with two attached hydrogens (primary N) is 1. The van der Waals surface area contributed by atoms with E-state index in [1.807, 2.05) is 0 Å². The first-order chi connectivity index (χ1) is 9.31. The Labute approximate surface area is 121 Å². The zero-order valence-electron chi connectivity index (χ0n) is 12.5. The van der Waals surface area contributed by atoms with Crippen molar-refractivity contribution in [3.63, 3.8) is 0 Å². The number of aryl methyl sites for hydroxylation is 1. The van der Waals surface area contributed by atoms with Gasteiger partial charge in [-0.2, -0.15) is 0 Å². The third-order valence-corrected chi connectivity index (χ3v) is 4.88. The van der Waals surface area contributed by atoms with Gasteiger partial charge in [-0.1, -0.05) is 20.8 Å². The number of hydrogen-bond donors (Lipinski definition) is 1. The molecule has 1 aliphatic carbocycles. The van der Waals surface area contributed by atoms with Crippen LogP contribution in [0.3, 0.4) is 0 Å². The second-order valence-corrected chi connectivity index (χ2v) is 7.78. The van der Waals surface area contributed by atoms with Crippen LogP contribution in [-0.4, -0.2) is 18.0 Å². The topological polar surface area (TPSA) is 78.0 Å². The Morgan fingerprint density at radius 1 is 1.30 bits per heavy atom. The molecule has 0 radical (unpaired) electrons. The first kappa shape index (κ1) is 15.5. The van der Waals surface area contributed by atoms with Gasteiger partial charge in [-0.15, -0.1) is 0 Å². The highest BCUT2D eigenvalue weighted by molar-refractivity contribution is 7.89. The Morgan fingerprint density at radius 3 is 2.40 bits per heavy atom. The van der Waals surface area contributed by atoms with Gasteiger partial charge in [-0.3, -0.25) is 0 Å². The van der Waals surface area contributed by atoms with Crippen LogP contribution < -0.4 is 5.14 Å². The Hall–Kier alpha value is -0.880. The maximum Gasteiger partial charge on any atom is 0.257 e. The number of imidazole rings is 1. The number of nitrogens with zero attached hydrogens (tertiary/aromatic N) is 2. The minimum absolute atomic E-state index is 0.00632. The third-order valence-electron chi connectivity index (χ3n) is 4.10. The molecule has 2 N–H and O–H groups in total. The molecule has 114 valence electrons. The summed E-state index contributed by atoms with van der Waals surface area (Å²) >= 11 is 0. The summed E-state index contributed by atoms with van der Waals surface area (Å²) in [5, 5.41) is 5.22. The Morgan fingerprint density at radius 2 is 1.90 bits per heavy atom. The molecule has 0 amide bonds. The molecule has 0 saturated heterocycles. The van der Waals surface area contributed by atoms with Gasteiger partial charge in [-0.25, -0.2) is 18.5 Å². The highest BCUT2D eigenvalue weighted by Gasteiger charge is 2.28. The fourth-order valence-electron chi connectivity index (χ4n) is 3.40. The van der Waals surface area contributed by atoms with Gasteiger partial charge in [0.2, 0.25) is 0 Å². The van der Waals surface area contributed by atoms with Crippen LogP contribution in [0.25, 0.3) is 0 Å². The molecular formula is C14H25N3O2S. The molecule has 20 heavy (non-hydrogen) atoms. The summed E-state index contributed by atoms with van der Waals surface area (Å²) in [6.07, 6.45) is 6.78. The molecular weight excluding hydrogens is 274 g/mol. The Kier molecular flexibility index (Phi) is 4.54. The average Bonchev–Trinajstić information content (AvgIpc) is 2.72. The van der Waals surface area contributed by atoms with Crippen molar-refractivity contribution in [1.82, 2.24) is 9.55 Å². The molecule has 1 saturated carbocycles. The van der Waals surface area contributed by atoms with Crippen molar-refractivity contribution in [3.8, 4) is 0 Å². The van der Waals surface area contributed by atoms with Gasteiger partial charge in [-0.05, 0) is 37.5 Å². The first-order valence-corrected chi connectivity index (χ1v) is 8.96. The van der Waals surface area contributed by atoms with Crippen molar-refractivity contribution in [2.24, 2.45) is 17.0 Å². The van der Waals surface area contributed by atoms with Crippen LogP contribution in [0.4, 0.5) is 0 Å². The van der Waals surface area contributed by atoms with Crippen LogP contribution in [0.15, 0.2) is 11.2 Å². The molecule has 0 aliphatic heterocycles. The monoisotopic (exact) mass is 299 g/mol. The SMILES string of the molecule is CCCc1nc(S(N)(=O)=O)cn1C1CC(C)CC(C)C1. The van der Waals surface area contributed by atoms with Gasteiger partial charge < -0.3 is 4.57 Å². The normalized spacial score (nSPS) is 27.7. The van der Waals surface area contributed by atoms with Crippen molar-refractivity contribution < 1.29 is 8.42 Å². The van der Waals surface area contributed by atoms with Crippen molar-refractivity contribution in [3.05, 3.63) is 12.0 Å². The Balaban J connectivity index is 2.36. The van der Waals surface area contributed by atoms with Crippen LogP contribution in [0.1, 0.15) is 58.3 Å². The molecule has 2 rings (SSSR count). The fraction of sp³-hybridized carbons (Fsp3) is 0.786. The summed E-state index contributed by atoms with van der Waals surface area (Å²) in [5.74, 6) is 2.18. The maximum absolute atomic E-state index is 11.5. The van der Waals surface area contributed by atoms with E-state index in [0.29, 0.717) is 17.9 Å². The lowest BCUT2D eigenvalue weighted by atomic mass is 9.80. The quantitative estimate of drug-likeness (QED) is 0.927. The summed E-state index contributed by atoms with van der Waals surface area (Å²) in [5.41, 5.74) is 0. The van der Waals surface area contributed by atoms with E-state index in [1.165, 1.54) is 6.42 Å². The highest BCUT2D eigenvalue weighted by Crippen LogP contribution is 2.37. The molecule has 1 fully saturated rings. The van der Waals surface area contributed by atoms with Crippen LogP contribution in [0, 0.1) is 11.8 Å². The van der Waals surface area contributed by atoms with Gasteiger partial charge in [0.1, 0.15) is 5.82 Å². The van der Waals surface area contributed by atoms with Crippen LogP contribution in [-0.2, 0) is 16.4 Å². The van der Waals surface area contributed by atoms with Gasteiger partial charge in [0.05, 0.1) is 0 Å². The Bertz CT molecular complexity index is 555. The molecule has 6 heteroatoms. The zero-order valence-corrected chi connectivity index (χ0v) is 13.4. The number of aromatic nitrogens is 2. The van der Waals surface area contributed by atoms with Crippen LogP contribution in [0.5, 0.6) is 0 Å². The second-order valence-electron chi connectivity index (χ2n) is 6.27. The lowest BCUT2D eigenvalue weighted by Crippen LogP contribution is -2.23. The molecule has 1 aliphatic rings. The van der Waals surface area contributed by atoms with E-state index in [1.54, 1.807) is 6.20 Å². The van der Waals surface area contributed by atoms with E-state index in [9.17, 15) is 8.42 Å². The van der Waals surface area contributed by atoms with Crippen LogP contribution in [0.2, 0.25) is 0 Å². The fourth-order valence-corrected chi connectivity index (χ4v) is 3.89. The molecule has 0 bridgehead atoms. The maximum atomic E-state index is 11.5. The van der Waals surface area contributed by atoms with Gasteiger partial charge >= 0.3 is 0 Å². The van der Waals surface area contributed by atoms with Gasteiger partial charge in [0, 0.05) is 18.7 Å². The lowest BCUT2D eigenvalue weighted by molar-refractivity contribution is 0.218. The van der Waals surface area contributed by atoms with E-state index >= 15 is 0 Å². The molecule has 1 heterocycles. The average molecular weight is 299 g/mol. The highest BCUT2D eigenvalue weighted by atomic mass is 32.2. The van der Waals surface area contributed by atoms with Crippen molar-refractivity contribution in [2.75, 3.05) is 0 Å². The molecule has 1 aromatic rings. The van der Waals surface area contributed by atoms with Crippen LogP contribution >= 0.6 is 0 Å². The predicted molar refractivity (Wildman–Crippen MR) is 78.8 cm³/mol. The minimum atomic E-state index is -3.72. The molecule has 0 aromatic carbocycles.